The third kappa shape index (κ3) is 4.03. The minimum atomic E-state index is 0.0401. The van der Waals surface area contributed by atoms with Gasteiger partial charge in [0.15, 0.2) is 0 Å². The fourth-order valence-electron chi connectivity index (χ4n) is 2.21. The lowest BCUT2D eigenvalue weighted by molar-refractivity contribution is -0.118. The molecule has 1 aliphatic heterocycles. The van der Waals surface area contributed by atoms with Gasteiger partial charge >= 0.3 is 0 Å². The van der Waals surface area contributed by atoms with Crippen molar-refractivity contribution in [3.05, 3.63) is 28.2 Å². The number of hydrogen-bond donors (Lipinski definition) is 2. The van der Waals surface area contributed by atoms with Crippen LogP contribution in [0.25, 0.3) is 0 Å². The van der Waals surface area contributed by atoms with E-state index in [4.69, 9.17) is 0 Å². The third-order valence-corrected chi connectivity index (χ3v) is 4.04. The van der Waals surface area contributed by atoms with E-state index in [0.717, 1.165) is 29.8 Å². The Morgan fingerprint density at radius 1 is 1.58 bits per heavy atom. The van der Waals surface area contributed by atoms with Gasteiger partial charge in [-0.2, -0.15) is 0 Å². The summed E-state index contributed by atoms with van der Waals surface area (Å²) < 4.78 is 0.925. The molecule has 1 aromatic rings. The molecule has 0 spiro atoms. The number of benzene rings is 1. The van der Waals surface area contributed by atoms with Gasteiger partial charge in [-0.1, -0.05) is 6.07 Å². The van der Waals surface area contributed by atoms with E-state index in [0.29, 0.717) is 12.6 Å². The maximum absolute atomic E-state index is 12.1. The fraction of sp³-hybridized carbons (Fsp3) is 0.500. The van der Waals surface area contributed by atoms with Crippen molar-refractivity contribution in [1.82, 2.24) is 10.2 Å². The van der Waals surface area contributed by atoms with Gasteiger partial charge < -0.3 is 10.6 Å². The van der Waals surface area contributed by atoms with Crippen molar-refractivity contribution in [1.29, 1.82) is 0 Å². The van der Waals surface area contributed by atoms with Gasteiger partial charge in [0.1, 0.15) is 0 Å². The topological polar surface area (TPSA) is 44.4 Å². The summed E-state index contributed by atoms with van der Waals surface area (Å²) in [5.74, 6) is 0.0401. The van der Waals surface area contributed by atoms with Crippen LogP contribution >= 0.6 is 15.9 Å². The second-order valence-electron chi connectivity index (χ2n) is 5.06. The van der Waals surface area contributed by atoms with Gasteiger partial charge in [0, 0.05) is 30.1 Å². The highest BCUT2D eigenvalue weighted by atomic mass is 79.9. The second kappa shape index (κ2) is 6.50. The van der Waals surface area contributed by atoms with Crippen LogP contribution in [0.4, 0.5) is 5.69 Å². The number of anilines is 1. The quantitative estimate of drug-likeness (QED) is 0.893. The van der Waals surface area contributed by atoms with Crippen molar-refractivity contribution in [2.24, 2.45) is 0 Å². The van der Waals surface area contributed by atoms with E-state index >= 15 is 0 Å². The van der Waals surface area contributed by atoms with Gasteiger partial charge in [-0.3, -0.25) is 9.69 Å². The minimum absolute atomic E-state index is 0.0401. The lowest BCUT2D eigenvalue weighted by Gasteiger charge is -2.33. The summed E-state index contributed by atoms with van der Waals surface area (Å²) in [5, 5.41) is 6.28. The molecule has 5 heteroatoms. The first-order valence-electron chi connectivity index (χ1n) is 6.57. The number of rotatable bonds is 3. The van der Waals surface area contributed by atoms with E-state index in [-0.39, 0.29) is 5.91 Å². The van der Waals surface area contributed by atoms with Crippen LogP contribution in [0.5, 0.6) is 0 Å². The molecule has 1 fully saturated rings. The third-order valence-electron chi connectivity index (χ3n) is 3.38. The van der Waals surface area contributed by atoms with E-state index in [1.165, 1.54) is 5.56 Å². The summed E-state index contributed by atoms with van der Waals surface area (Å²) in [4.78, 5) is 14.3. The molecule has 0 radical (unpaired) electrons. The Balaban J connectivity index is 1.93. The summed E-state index contributed by atoms with van der Waals surface area (Å²) in [6, 6.07) is 6.33. The molecule has 1 atom stereocenters. The number of hydrogen-bond acceptors (Lipinski definition) is 3. The number of nitrogens with zero attached hydrogens (tertiary/aromatic N) is 1. The molecule has 104 valence electrons. The Morgan fingerprint density at radius 2 is 2.37 bits per heavy atom. The van der Waals surface area contributed by atoms with Gasteiger partial charge in [0.2, 0.25) is 5.91 Å². The van der Waals surface area contributed by atoms with Crippen molar-refractivity contribution >= 4 is 27.5 Å². The molecule has 1 saturated heterocycles. The van der Waals surface area contributed by atoms with Gasteiger partial charge in [-0.25, -0.2) is 0 Å². The Hall–Kier alpha value is -0.910. The number of aryl methyl sites for hydroxylation is 1. The monoisotopic (exact) mass is 325 g/mol. The zero-order chi connectivity index (χ0) is 13.8. The van der Waals surface area contributed by atoms with Crippen LogP contribution in [0, 0.1) is 6.92 Å². The van der Waals surface area contributed by atoms with E-state index in [2.05, 4.69) is 38.4 Å². The highest BCUT2D eigenvalue weighted by molar-refractivity contribution is 9.10. The molecule has 0 saturated carbocycles. The molecule has 0 aromatic heterocycles. The zero-order valence-electron chi connectivity index (χ0n) is 11.4. The van der Waals surface area contributed by atoms with E-state index < -0.39 is 0 Å². The van der Waals surface area contributed by atoms with Crippen molar-refractivity contribution < 1.29 is 4.79 Å². The van der Waals surface area contributed by atoms with Crippen LogP contribution < -0.4 is 10.6 Å². The highest BCUT2D eigenvalue weighted by Gasteiger charge is 2.20. The Bertz CT molecular complexity index is 464. The number of nitrogens with one attached hydrogen (secondary N) is 2. The van der Waals surface area contributed by atoms with Crippen molar-refractivity contribution in [2.45, 2.75) is 19.9 Å². The average molecular weight is 326 g/mol. The summed E-state index contributed by atoms with van der Waals surface area (Å²) in [5.41, 5.74) is 2.00. The van der Waals surface area contributed by atoms with Gasteiger partial charge in [0.05, 0.1) is 12.2 Å². The molecule has 19 heavy (non-hydrogen) atoms. The maximum Gasteiger partial charge on any atom is 0.238 e. The molecular weight excluding hydrogens is 306 g/mol. The molecule has 1 aliphatic rings. The Labute approximate surface area is 122 Å². The number of piperazine rings is 1. The first-order chi connectivity index (χ1) is 9.06. The Morgan fingerprint density at radius 3 is 3.05 bits per heavy atom. The lowest BCUT2D eigenvalue weighted by atomic mass is 10.2. The number of amides is 1. The van der Waals surface area contributed by atoms with Crippen LogP contribution in [-0.2, 0) is 4.79 Å². The van der Waals surface area contributed by atoms with Crippen LogP contribution in [-0.4, -0.2) is 43.0 Å². The average Bonchev–Trinajstić information content (AvgIpc) is 2.36. The Kier molecular flexibility index (Phi) is 4.96. The standard InChI is InChI=1S/C14H20BrN3O/c1-10-3-4-13(12(15)7-10)17-14(19)9-18-6-5-16-8-11(18)2/h3-4,7,11,16H,5-6,8-9H2,1-2H3,(H,17,19)/t11-/m0/s1. The molecule has 0 unspecified atom stereocenters. The minimum Gasteiger partial charge on any atom is -0.324 e. The molecule has 2 N–H and O–H groups in total. The zero-order valence-corrected chi connectivity index (χ0v) is 13.0. The number of halogens is 1. The van der Waals surface area contributed by atoms with Crippen LogP contribution in [0.2, 0.25) is 0 Å². The largest absolute Gasteiger partial charge is 0.324 e. The van der Waals surface area contributed by atoms with E-state index in [9.17, 15) is 4.79 Å². The predicted octanol–water partition coefficient (Wildman–Crippen LogP) is 1.99. The van der Waals surface area contributed by atoms with Crippen molar-refractivity contribution in [3.8, 4) is 0 Å². The lowest BCUT2D eigenvalue weighted by Crippen LogP contribution is -2.52. The fourth-order valence-corrected chi connectivity index (χ4v) is 2.81. The van der Waals surface area contributed by atoms with Gasteiger partial charge in [0.25, 0.3) is 0 Å². The van der Waals surface area contributed by atoms with E-state index in [1.54, 1.807) is 0 Å². The molecule has 4 nitrogen and oxygen atoms in total. The first kappa shape index (κ1) is 14.5. The maximum atomic E-state index is 12.1. The first-order valence-corrected chi connectivity index (χ1v) is 7.36. The predicted molar refractivity (Wildman–Crippen MR) is 81.4 cm³/mol. The molecule has 0 aliphatic carbocycles. The van der Waals surface area contributed by atoms with E-state index in [1.807, 2.05) is 25.1 Å². The molecule has 0 bridgehead atoms. The molecule has 2 rings (SSSR count). The smallest absolute Gasteiger partial charge is 0.238 e. The van der Waals surface area contributed by atoms with Crippen LogP contribution in [0.15, 0.2) is 22.7 Å². The van der Waals surface area contributed by atoms with Gasteiger partial charge in [-0.05, 0) is 47.5 Å². The highest BCUT2D eigenvalue weighted by Crippen LogP contribution is 2.23. The summed E-state index contributed by atoms with van der Waals surface area (Å²) in [6.45, 7) is 7.43. The number of carbonyl (C=O) groups excluding carboxylic acids is 1. The molecule has 1 heterocycles. The van der Waals surface area contributed by atoms with Crippen LogP contribution in [0.3, 0.4) is 0 Å². The molecule has 1 amide bonds. The van der Waals surface area contributed by atoms with Crippen LogP contribution in [0.1, 0.15) is 12.5 Å². The summed E-state index contributed by atoms with van der Waals surface area (Å²) in [6.07, 6.45) is 0. The normalized spacial score (nSPS) is 20.3. The summed E-state index contributed by atoms with van der Waals surface area (Å²) in [7, 11) is 0. The van der Waals surface area contributed by atoms with Gasteiger partial charge in [-0.15, -0.1) is 0 Å². The molecular formula is C14H20BrN3O. The number of carbonyl (C=O) groups is 1. The summed E-state index contributed by atoms with van der Waals surface area (Å²) >= 11 is 3.47. The molecule has 1 aromatic carbocycles. The van der Waals surface area contributed by atoms with Crippen molar-refractivity contribution in [2.75, 3.05) is 31.5 Å². The SMILES string of the molecule is Cc1ccc(NC(=O)CN2CCNC[C@@H]2C)c(Br)c1. The second-order valence-corrected chi connectivity index (χ2v) is 5.91. The van der Waals surface area contributed by atoms with Crippen molar-refractivity contribution in [3.63, 3.8) is 0 Å².